The van der Waals surface area contributed by atoms with Crippen molar-refractivity contribution in [3.8, 4) is 28.5 Å². The Balaban J connectivity index is 1.60. The second-order valence-electron chi connectivity index (χ2n) is 6.50. The molecule has 27 heavy (non-hydrogen) atoms. The zero-order valence-corrected chi connectivity index (χ0v) is 14.4. The van der Waals surface area contributed by atoms with Gasteiger partial charge in [0.05, 0.1) is 11.0 Å². The van der Waals surface area contributed by atoms with E-state index in [-0.39, 0.29) is 5.75 Å². The number of H-pyrrole nitrogens is 2. The normalized spacial score (nSPS) is 11.4. The van der Waals surface area contributed by atoms with Crippen LogP contribution in [0.15, 0.2) is 60.7 Å². The van der Waals surface area contributed by atoms with E-state index < -0.39 is 0 Å². The van der Waals surface area contributed by atoms with Gasteiger partial charge >= 0.3 is 0 Å². The predicted molar refractivity (Wildman–Crippen MR) is 106 cm³/mol. The first-order chi connectivity index (χ1) is 13.2. The molecular formula is C21H17N5O. The molecule has 0 aliphatic heterocycles. The van der Waals surface area contributed by atoms with Crippen LogP contribution in [-0.4, -0.2) is 25.3 Å². The summed E-state index contributed by atoms with van der Waals surface area (Å²) < 4.78 is 0. The molecule has 132 valence electrons. The number of aromatic nitrogens is 4. The topological polar surface area (TPSA) is 104 Å². The lowest BCUT2D eigenvalue weighted by atomic mass is 10.0. The minimum Gasteiger partial charge on any atom is -0.504 e. The van der Waals surface area contributed by atoms with Gasteiger partial charge in [-0.15, -0.1) is 0 Å². The zero-order chi connectivity index (χ0) is 18.4. The highest BCUT2D eigenvalue weighted by Crippen LogP contribution is 2.36. The van der Waals surface area contributed by atoms with Crippen molar-refractivity contribution in [1.82, 2.24) is 20.2 Å². The van der Waals surface area contributed by atoms with Gasteiger partial charge in [-0.25, -0.2) is 4.98 Å². The molecule has 0 saturated carbocycles. The van der Waals surface area contributed by atoms with Crippen molar-refractivity contribution < 1.29 is 5.11 Å². The van der Waals surface area contributed by atoms with Gasteiger partial charge in [-0.1, -0.05) is 42.5 Å². The third-order valence-electron chi connectivity index (χ3n) is 4.78. The van der Waals surface area contributed by atoms with Crippen LogP contribution in [0.25, 0.3) is 44.6 Å². The first-order valence-electron chi connectivity index (χ1n) is 8.68. The van der Waals surface area contributed by atoms with E-state index in [1.807, 2.05) is 54.6 Å². The summed E-state index contributed by atoms with van der Waals surface area (Å²) in [6, 6.07) is 19.9. The van der Waals surface area contributed by atoms with E-state index in [1.54, 1.807) is 0 Å². The molecule has 2 aromatic heterocycles. The molecule has 0 bridgehead atoms. The molecule has 0 amide bonds. The van der Waals surface area contributed by atoms with Gasteiger partial charge in [-0.2, -0.15) is 5.10 Å². The maximum absolute atomic E-state index is 10.8. The largest absolute Gasteiger partial charge is 0.504 e. The number of aromatic amines is 2. The molecule has 0 aliphatic carbocycles. The molecule has 0 saturated heterocycles. The molecule has 0 unspecified atom stereocenters. The van der Waals surface area contributed by atoms with Crippen molar-refractivity contribution in [1.29, 1.82) is 0 Å². The van der Waals surface area contributed by atoms with Crippen LogP contribution < -0.4 is 5.73 Å². The van der Waals surface area contributed by atoms with Gasteiger partial charge in [-0.3, -0.25) is 5.10 Å². The lowest BCUT2D eigenvalue weighted by Crippen LogP contribution is -1.95. The van der Waals surface area contributed by atoms with Crippen molar-refractivity contribution in [3.05, 3.63) is 66.2 Å². The summed E-state index contributed by atoms with van der Waals surface area (Å²) in [6.45, 7) is 0.464. The Morgan fingerprint density at radius 2 is 1.81 bits per heavy atom. The molecule has 5 N–H and O–H groups in total. The van der Waals surface area contributed by atoms with E-state index in [0.29, 0.717) is 23.8 Å². The van der Waals surface area contributed by atoms with Gasteiger partial charge in [0.15, 0.2) is 11.6 Å². The number of benzene rings is 3. The van der Waals surface area contributed by atoms with Gasteiger partial charge in [0.25, 0.3) is 0 Å². The van der Waals surface area contributed by atoms with Gasteiger partial charge < -0.3 is 15.8 Å². The first kappa shape index (κ1) is 15.6. The lowest BCUT2D eigenvalue weighted by molar-refractivity contribution is 0.479. The van der Waals surface area contributed by atoms with Crippen LogP contribution >= 0.6 is 0 Å². The monoisotopic (exact) mass is 355 g/mol. The molecule has 5 aromatic rings. The van der Waals surface area contributed by atoms with Gasteiger partial charge in [0.1, 0.15) is 11.4 Å². The lowest BCUT2D eigenvalue weighted by Gasteiger charge is -2.01. The number of nitrogens with two attached hydrogens (primary N) is 1. The quantitative estimate of drug-likeness (QED) is 0.393. The number of rotatable bonds is 3. The summed E-state index contributed by atoms with van der Waals surface area (Å²) in [5.41, 5.74) is 10.2. The van der Waals surface area contributed by atoms with Crippen LogP contribution in [0, 0.1) is 0 Å². The highest BCUT2D eigenvalue weighted by atomic mass is 16.3. The van der Waals surface area contributed by atoms with E-state index in [9.17, 15) is 5.11 Å². The minimum absolute atomic E-state index is 0.0726. The molecule has 6 nitrogen and oxygen atoms in total. The molecule has 5 rings (SSSR count). The summed E-state index contributed by atoms with van der Waals surface area (Å²) >= 11 is 0. The Hall–Kier alpha value is -3.64. The Bertz CT molecular complexity index is 1280. The van der Waals surface area contributed by atoms with E-state index in [0.717, 1.165) is 32.9 Å². The summed E-state index contributed by atoms with van der Waals surface area (Å²) in [4.78, 5) is 7.77. The molecule has 0 atom stereocenters. The van der Waals surface area contributed by atoms with E-state index in [1.165, 1.54) is 0 Å². The SMILES string of the molecule is NCc1ccc2nc(-c3[nH]nc(-c4ccc5ccccc5c4)c3O)[nH]c2c1. The predicted octanol–water partition coefficient (Wildman–Crippen LogP) is 3.94. The number of nitrogens with one attached hydrogen (secondary N) is 2. The Morgan fingerprint density at radius 1 is 0.963 bits per heavy atom. The number of fused-ring (bicyclic) bond motifs is 2. The molecule has 0 fully saturated rings. The third-order valence-corrected chi connectivity index (χ3v) is 4.78. The van der Waals surface area contributed by atoms with Crippen LogP contribution in [0.4, 0.5) is 0 Å². The molecule has 0 aliphatic rings. The van der Waals surface area contributed by atoms with Crippen LogP contribution in [0.5, 0.6) is 5.75 Å². The van der Waals surface area contributed by atoms with E-state index in [2.05, 4.69) is 26.2 Å². The van der Waals surface area contributed by atoms with E-state index >= 15 is 0 Å². The second-order valence-corrected chi connectivity index (χ2v) is 6.50. The highest BCUT2D eigenvalue weighted by Gasteiger charge is 2.18. The standard InChI is InChI=1S/C21H17N5O/c22-11-12-5-8-16-17(9-12)24-21(23-16)19-20(27)18(25-26-19)15-7-6-13-3-1-2-4-14(13)10-15/h1-10,27H,11,22H2,(H,23,24)(H,25,26). The number of aromatic hydroxyl groups is 1. The summed E-state index contributed by atoms with van der Waals surface area (Å²) in [6.07, 6.45) is 0. The van der Waals surface area contributed by atoms with Gasteiger partial charge in [-0.05, 0) is 34.5 Å². The molecule has 6 heteroatoms. The number of imidazole rings is 1. The second kappa shape index (κ2) is 5.96. The maximum atomic E-state index is 10.8. The zero-order valence-electron chi connectivity index (χ0n) is 14.4. The van der Waals surface area contributed by atoms with Crippen molar-refractivity contribution >= 4 is 21.8 Å². The maximum Gasteiger partial charge on any atom is 0.172 e. The van der Waals surface area contributed by atoms with Gasteiger partial charge in [0.2, 0.25) is 0 Å². The number of nitrogens with zero attached hydrogens (tertiary/aromatic N) is 2. The fourth-order valence-electron chi connectivity index (χ4n) is 3.34. The van der Waals surface area contributed by atoms with E-state index in [4.69, 9.17) is 5.73 Å². The Kier molecular flexibility index (Phi) is 3.45. The summed E-state index contributed by atoms with van der Waals surface area (Å²) in [5.74, 6) is 0.611. The fraction of sp³-hybridized carbons (Fsp3) is 0.0476. The fourth-order valence-corrected chi connectivity index (χ4v) is 3.34. The number of hydrogen-bond acceptors (Lipinski definition) is 4. The highest BCUT2D eigenvalue weighted by molar-refractivity contribution is 5.89. The first-order valence-corrected chi connectivity index (χ1v) is 8.68. The minimum atomic E-state index is 0.0726. The van der Waals surface area contributed by atoms with Crippen molar-refractivity contribution in [2.45, 2.75) is 6.54 Å². The third kappa shape index (κ3) is 2.54. The van der Waals surface area contributed by atoms with Crippen molar-refractivity contribution in [2.24, 2.45) is 5.73 Å². The molecular weight excluding hydrogens is 338 g/mol. The molecule has 3 aromatic carbocycles. The average Bonchev–Trinajstić information content (AvgIpc) is 3.30. The molecule has 0 radical (unpaired) electrons. The van der Waals surface area contributed by atoms with Crippen LogP contribution in [0.2, 0.25) is 0 Å². The molecule has 0 spiro atoms. The summed E-state index contributed by atoms with van der Waals surface area (Å²) in [7, 11) is 0. The average molecular weight is 355 g/mol. The summed E-state index contributed by atoms with van der Waals surface area (Å²) in [5, 5.41) is 20.2. The van der Waals surface area contributed by atoms with Crippen LogP contribution in [-0.2, 0) is 6.54 Å². The van der Waals surface area contributed by atoms with Crippen LogP contribution in [0.3, 0.4) is 0 Å². The van der Waals surface area contributed by atoms with Gasteiger partial charge in [0, 0.05) is 12.1 Å². The Labute approximate surface area is 154 Å². The smallest absolute Gasteiger partial charge is 0.172 e. The van der Waals surface area contributed by atoms with Crippen molar-refractivity contribution in [3.63, 3.8) is 0 Å². The molecule has 2 heterocycles. The van der Waals surface area contributed by atoms with Crippen LogP contribution in [0.1, 0.15) is 5.56 Å². The van der Waals surface area contributed by atoms with Crippen molar-refractivity contribution in [2.75, 3.05) is 0 Å². The number of hydrogen-bond donors (Lipinski definition) is 4. The Morgan fingerprint density at radius 3 is 2.67 bits per heavy atom.